The zero-order valence-corrected chi connectivity index (χ0v) is 8.39. The molecule has 1 aromatic rings. The molecule has 0 aliphatic carbocycles. The zero-order chi connectivity index (χ0) is 10.9. The van der Waals surface area contributed by atoms with Crippen molar-refractivity contribution in [2.45, 2.75) is 12.8 Å². The Morgan fingerprint density at radius 3 is 2.80 bits per heavy atom. The van der Waals surface area contributed by atoms with E-state index in [2.05, 4.69) is 10.5 Å². The smallest absolute Gasteiger partial charge is 0.240 e. The maximum Gasteiger partial charge on any atom is 0.240 e. The van der Waals surface area contributed by atoms with Crippen molar-refractivity contribution in [1.82, 2.24) is 5.43 Å². The second kappa shape index (κ2) is 6.73. The van der Waals surface area contributed by atoms with Gasteiger partial charge in [0.05, 0.1) is 6.21 Å². The molecular weight excluding hydrogens is 192 g/mol. The summed E-state index contributed by atoms with van der Waals surface area (Å²) in [7, 11) is 0. The van der Waals surface area contributed by atoms with Crippen LogP contribution in [0.2, 0.25) is 0 Å². The molecule has 0 aliphatic heterocycles. The van der Waals surface area contributed by atoms with Crippen molar-refractivity contribution >= 4 is 12.1 Å². The number of hydrogen-bond acceptors (Lipinski definition) is 3. The minimum absolute atomic E-state index is 0.0236. The average molecular weight is 206 g/mol. The fraction of sp³-hybridized carbons (Fsp3) is 0.273. The summed E-state index contributed by atoms with van der Waals surface area (Å²) in [4.78, 5) is 11.1. The number of aliphatic hydroxyl groups is 1. The molecule has 0 aliphatic rings. The number of aliphatic hydroxyl groups excluding tert-OH is 1. The van der Waals surface area contributed by atoms with Gasteiger partial charge in [0.15, 0.2) is 0 Å². The highest BCUT2D eigenvalue weighted by atomic mass is 16.3. The van der Waals surface area contributed by atoms with Crippen LogP contribution in [0, 0.1) is 0 Å². The third kappa shape index (κ3) is 4.93. The van der Waals surface area contributed by atoms with Gasteiger partial charge in [-0.05, 0) is 12.0 Å². The third-order valence-electron chi connectivity index (χ3n) is 1.76. The van der Waals surface area contributed by atoms with Crippen LogP contribution in [0.25, 0.3) is 0 Å². The Labute approximate surface area is 88.6 Å². The minimum atomic E-state index is -0.184. The van der Waals surface area contributed by atoms with E-state index in [1.54, 1.807) is 6.21 Å². The number of hydrogen-bond donors (Lipinski definition) is 2. The van der Waals surface area contributed by atoms with Crippen LogP contribution >= 0.6 is 0 Å². The largest absolute Gasteiger partial charge is 0.396 e. The molecule has 0 fully saturated rings. The molecule has 0 bridgehead atoms. The summed E-state index contributed by atoms with van der Waals surface area (Å²) in [6.45, 7) is 0.0236. The lowest BCUT2D eigenvalue weighted by Gasteiger charge is -1.97. The number of nitrogens with one attached hydrogen (secondary N) is 1. The molecule has 4 heteroatoms. The van der Waals surface area contributed by atoms with Gasteiger partial charge in [0.25, 0.3) is 0 Å². The molecule has 0 atom stereocenters. The molecule has 1 amide bonds. The molecule has 1 rings (SSSR count). The highest BCUT2D eigenvalue weighted by molar-refractivity contribution is 5.82. The van der Waals surface area contributed by atoms with E-state index in [1.165, 1.54) is 0 Å². The predicted octanol–water partition coefficient (Wildman–Crippen LogP) is 0.909. The molecule has 0 spiro atoms. The van der Waals surface area contributed by atoms with Gasteiger partial charge in [-0.1, -0.05) is 30.3 Å². The van der Waals surface area contributed by atoms with Gasteiger partial charge in [-0.2, -0.15) is 5.10 Å². The average Bonchev–Trinajstić information content (AvgIpc) is 2.28. The van der Waals surface area contributed by atoms with E-state index in [9.17, 15) is 4.79 Å². The Hall–Kier alpha value is -1.68. The van der Waals surface area contributed by atoms with Crippen molar-refractivity contribution in [2.75, 3.05) is 6.61 Å². The maximum atomic E-state index is 11.1. The maximum absolute atomic E-state index is 11.1. The standard InChI is InChI=1S/C11H14N2O2/c14-8-4-7-11(15)13-12-9-10-5-2-1-3-6-10/h1-3,5-6,9,14H,4,7-8H2,(H,13,15)/b12-9+. The first-order chi connectivity index (χ1) is 7.33. The summed E-state index contributed by atoms with van der Waals surface area (Å²) < 4.78 is 0. The summed E-state index contributed by atoms with van der Waals surface area (Å²) in [5.41, 5.74) is 3.32. The number of hydrazone groups is 1. The number of carbonyl (C=O) groups excluding carboxylic acids is 1. The van der Waals surface area contributed by atoms with Crippen LogP contribution in [0.15, 0.2) is 35.4 Å². The predicted molar refractivity (Wildman–Crippen MR) is 58.5 cm³/mol. The van der Waals surface area contributed by atoms with Crippen molar-refractivity contribution in [3.05, 3.63) is 35.9 Å². The van der Waals surface area contributed by atoms with E-state index in [0.717, 1.165) is 5.56 Å². The minimum Gasteiger partial charge on any atom is -0.396 e. The summed E-state index contributed by atoms with van der Waals surface area (Å²) in [6.07, 6.45) is 2.34. The van der Waals surface area contributed by atoms with Crippen molar-refractivity contribution < 1.29 is 9.90 Å². The van der Waals surface area contributed by atoms with Crippen molar-refractivity contribution in [2.24, 2.45) is 5.10 Å². The lowest BCUT2D eigenvalue weighted by Crippen LogP contribution is -2.17. The number of nitrogens with zero attached hydrogens (tertiary/aromatic N) is 1. The SMILES string of the molecule is O=C(CCCO)N/N=C/c1ccccc1. The molecule has 15 heavy (non-hydrogen) atoms. The monoisotopic (exact) mass is 206 g/mol. The van der Waals surface area contributed by atoms with Crippen LogP contribution in [0.3, 0.4) is 0 Å². The van der Waals surface area contributed by atoms with E-state index in [4.69, 9.17) is 5.11 Å². The van der Waals surface area contributed by atoms with Crippen LogP contribution in [0.1, 0.15) is 18.4 Å². The lowest BCUT2D eigenvalue weighted by atomic mass is 10.2. The highest BCUT2D eigenvalue weighted by Crippen LogP contribution is 1.93. The second-order valence-electron chi connectivity index (χ2n) is 3.03. The molecule has 0 unspecified atom stereocenters. The van der Waals surface area contributed by atoms with Gasteiger partial charge in [-0.3, -0.25) is 4.79 Å². The van der Waals surface area contributed by atoms with Gasteiger partial charge in [0, 0.05) is 13.0 Å². The van der Waals surface area contributed by atoms with Gasteiger partial charge in [0.1, 0.15) is 0 Å². The van der Waals surface area contributed by atoms with Gasteiger partial charge in [0.2, 0.25) is 5.91 Å². The Kier molecular flexibility index (Phi) is 5.11. The van der Waals surface area contributed by atoms with Gasteiger partial charge in [-0.15, -0.1) is 0 Å². The summed E-state index contributed by atoms with van der Waals surface area (Å²) in [6, 6.07) is 9.49. The first-order valence-electron chi connectivity index (χ1n) is 4.81. The Morgan fingerprint density at radius 1 is 1.40 bits per heavy atom. The number of amides is 1. The number of rotatable bonds is 5. The highest BCUT2D eigenvalue weighted by Gasteiger charge is 1.96. The van der Waals surface area contributed by atoms with Crippen molar-refractivity contribution in [3.63, 3.8) is 0 Å². The fourth-order valence-corrected chi connectivity index (χ4v) is 1.01. The van der Waals surface area contributed by atoms with Gasteiger partial charge < -0.3 is 5.11 Å². The van der Waals surface area contributed by atoms with E-state index >= 15 is 0 Å². The van der Waals surface area contributed by atoms with Crippen LogP contribution in [-0.4, -0.2) is 23.8 Å². The molecule has 0 aromatic heterocycles. The van der Waals surface area contributed by atoms with Crippen molar-refractivity contribution in [1.29, 1.82) is 0 Å². The molecular formula is C11H14N2O2. The number of benzene rings is 1. The molecule has 2 N–H and O–H groups in total. The fourth-order valence-electron chi connectivity index (χ4n) is 1.01. The van der Waals surface area contributed by atoms with Crippen LogP contribution in [0.4, 0.5) is 0 Å². The Morgan fingerprint density at radius 2 is 2.13 bits per heavy atom. The van der Waals surface area contributed by atoms with Gasteiger partial charge >= 0.3 is 0 Å². The summed E-state index contributed by atoms with van der Waals surface area (Å²) >= 11 is 0. The topological polar surface area (TPSA) is 61.7 Å². The van der Waals surface area contributed by atoms with Crippen LogP contribution in [0.5, 0.6) is 0 Å². The van der Waals surface area contributed by atoms with Crippen LogP contribution in [-0.2, 0) is 4.79 Å². The normalized spacial score (nSPS) is 10.5. The third-order valence-corrected chi connectivity index (χ3v) is 1.76. The summed E-state index contributed by atoms with van der Waals surface area (Å²) in [5.74, 6) is -0.184. The Bertz CT molecular complexity index is 323. The first-order valence-corrected chi connectivity index (χ1v) is 4.81. The van der Waals surface area contributed by atoms with E-state index < -0.39 is 0 Å². The van der Waals surface area contributed by atoms with Crippen LogP contribution < -0.4 is 5.43 Å². The molecule has 0 saturated carbocycles. The van der Waals surface area contributed by atoms with E-state index in [-0.39, 0.29) is 12.5 Å². The van der Waals surface area contributed by atoms with Gasteiger partial charge in [-0.25, -0.2) is 5.43 Å². The first kappa shape index (κ1) is 11.4. The van der Waals surface area contributed by atoms with E-state index in [1.807, 2.05) is 30.3 Å². The molecule has 1 aromatic carbocycles. The molecule has 0 radical (unpaired) electrons. The number of carbonyl (C=O) groups is 1. The zero-order valence-electron chi connectivity index (χ0n) is 8.39. The molecule has 0 saturated heterocycles. The lowest BCUT2D eigenvalue weighted by molar-refractivity contribution is -0.121. The molecule has 4 nitrogen and oxygen atoms in total. The Balaban J connectivity index is 2.31. The second-order valence-corrected chi connectivity index (χ2v) is 3.03. The molecule has 0 heterocycles. The van der Waals surface area contributed by atoms with Crippen molar-refractivity contribution in [3.8, 4) is 0 Å². The summed E-state index contributed by atoms with van der Waals surface area (Å²) in [5, 5.41) is 12.3. The van der Waals surface area contributed by atoms with E-state index in [0.29, 0.717) is 12.8 Å². The quantitative estimate of drug-likeness (QED) is 0.555. The molecule has 80 valence electrons.